The summed E-state index contributed by atoms with van der Waals surface area (Å²) in [6.07, 6.45) is 2.08. The quantitative estimate of drug-likeness (QED) is 0.763. The van der Waals surface area contributed by atoms with Crippen LogP contribution in [0.15, 0.2) is 24.3 Å². The van der Waals surface area contributed by atoms with E-state index in [1.165, 1.54) is 6.92 Å². The molecule has 1 aliphatic rings. The first kappa shape index (κ1) is 14.5. The second kappa shape index (κ2) is 5.63. The lowest BCUT2D eigenvalue weighted by molar-refractivity contribution is -0.114. The molecule has 1 fully saturated rings. The van der Waals surface area contributed by atoms with Gasteiger partial charge in [0, 0.05) is 18.2 Å². The van der Waals surface area contributed by atoms with Crippen LogP contribution in [0.3, 0.4) is 0 Å². The Morgan fingerprint density at radius 3 is 2.35 bits per heavy atom. The summed E-state index contributed by atoms with van der Waals surface area (Å²) in [6.45, 7) is 3.24. The molecule has 1 atom stereocenters. The summed E-state index contributed by atoms with van der Waals surface area (Å²) in [6, 6.07) is 6.68. The second-order valence-corrected chi connectivity index (χ2v) is 5.56. The van der Waals surface area contributed by atoms with Crippen LogP contribution in [0.4, 0.5) is 5.69 Å². The van der Waals surface area contributed by atoms with Crippen molar-refractivity contribution in [3.63, 3.8) is 0 Å². The molecule has 0 aromatic heterocycles. The third kappa shape index (κ3) is 3.36. The molecule has 3 N–H and O–H groups in total. The van der Waals surface area contributed by atoms with Crippen molar-refractivity contribution in [2.75, 3.05) is 11.9 Å². The van der Waals surface area contributed by atoms with Gasteiger partial charge in [0.2, 0.25) is 5.91 Å². The van der Waals surface area contributed by atoms with Crippen molar-refractivity contribution in [3.8, 4) is 0 Å². The molecule has 5 heteroatoms. The predicted octanol–water partition coefficient (Wildman–Crippen LogP) is 1.54. The van der Waals surface area contributed by atoms with Gasteiger partial charge < -0.3 is 15.7 Å². The third-order valence-electron chi connectivity index (χ3n) is 3.67. The van der Waals surface area contributed by atoms with Gasteiger partial charge in [-0.25, -0.2) is 0 Å². The topological polar surface area (TPSA) is 78.4 Å². The lowest BCUT2D eigenvalue weighted by atomic mass is 9.96. The molecule has 20 heavy (non-hydrogen) atoms. The van der Waals surface area contributed by atoms with E-state index < -0.39 is 5.54 Å². The molecule has 0 spiro atoms. The smallest absolute Gasteiger partial charge is 0.251 e. The summed E-state index contributed by atoms with van der Waals surface area (Å²) >= 11 is 0. The van der Waals surface area contributed by atoms with Gasteiger partial charge in [-0.3, -0.25) is 9.59 Å². The van der Waals surface area contributed by atoms with E-state index in [1.807, 2.05) is 6.92 Å². The minimum atomic E-state index is -0.548. The molecule has 1 unspecified atom stereocenters. The van der Waals surface area contributed by atoms with Gasteiger partial charge in [0.15, 0.2) is 0 Å². The Morgan fingerprint density at radius 2 is 1.90 bits per heavy atom. The Labute approximate surface area is 118 Å². The lowest BCUT2D eigenvalue weighted by Gasteiger charge is -2.28. The van der Waals surface area contributed by atoms with Crippen LogP contribution in [-0.2, 0) is 4.79 Å². The Hall–Kier alpha value is -1.88. The molecule has 0 bridgehead atoms. The van der Waals surface area contributed by atoms with E-state index in [2.05, 4.69) is 10.6 Å². The van der Waals surface area contributed by atoms with Crippen LogP contribution < -0.4 is 10.6 Å². The molecule has 0 radical (unpaired) electrons. The molecule has 1 aromatic rings. The number of amides is 2. The van der Waals surface area contributed by atoms with E-state index in [-0.39, 0.29) is 18.4 Å². The fourth-order valence-electron chi connectivity index (χ4n) is 2.23. The first-order chi connectivity index (χ1) is 9.44. The fraction of sp³-hybridized carbons (Fsp3) is 0.467. The average molecular weight is 276 g/mol. The van der Waals surface area contributed by atoms with E-state index in [0.29, 0.717) is 17.2 Å². The van der Waals surface area contributed by atoms with E-state index in [4.69, 9.17) is 0 Å². The summed E-state index contributed by atoms with van der Waals surface area (Å²) in [7, 11) is 0. The summed E-state index contributed by atoms with van der Waals surface area (Å²) < 4.78 is 0. The van der Waals surface area contributed by atoms with Crippen molar-refractivity contribution in [3.05, 3.63) is 29.8 Å². The monoisotopic (exact) mass is 276 g/mol. The van der Waals surface area contributed by atoms with Crippen molar-refractivity contribution in [1.82, 2.24) is 5.32 Å². The van der Waals surface area contributed by atoms with Gasteiger partial charge >= 0.3 is 0 Å². The molecule has 1 aromatic carbocycles. The Morgan fingerprint density at radius 1 is 1.30 bits per heavy atom. The maximum Gasteiger partial charge on any atom is 0.251 e. The lowest BCUT2D eigenvalue weighted by Crippen LogP contribution is -2.50. The molecule has 1 saturated carbocycles. The van der Waals surface area contributed by atoms with E-state index in [0.717, 1.165) is 12.8 Å². The van der Waals surface area contributed by atoms with E-state index in [1.54, 1.807) is 24.3 Å². The van der Waals surface area contributed by atoms with Crippen LogP contribution in [0, 0.1) is 5.92 Å². The van der Waals surface area contributed by atoms with Gasteiger partial charge in [0.25, 0.3) is 5.91 Å². The standard InChI is InChI=1S/C15H20N2O3/c1-10(19)16-13-7-3-11(4-8-13)14(20)17-15(2,9-18)12-5-6-12/h3-4,7-8,12,18H,5-6,9H2,1-2H3,(H,16,19)(H,17,20). The van der Waals surface area contributed by atoms with Gasteiger partial charge in [0.1, 0.15) is 0 Å². The van der Waals surface area contributed by atoms with Crippen LogP contribution in [0.5, 0.6) is 0 Å². The number of aliphatic hydroxyl groups excluding tert-OH is 1. The number of nitrogens with one attached hydrogen (secondary N) is 2. The average Bonchev–Trinajstić information content (AvgIpc) is 3.23. The van der Waals surface area contributed by atoms with Gasteiger partial charge in [-0.2, -0.15) is 0 Å². The minimum Gasteiger partial charge on any atom is -0.394 e. The zero-order valence-corrected chi connectivity index (χ0v) is 11.8. The number of hydrogen-bond acceptors (Lipinski definition) is 3. The number of rotatable bonds is 5. The van der Waals surface area contributed by atoms with Gasteiger partial charge in [0.05, 0.1) is 12.1 Å². The van der Waals surface area contributed by atoms with Gasteiger partial charge in [-0.15, -0.1) is 0 Å². The molecule has 5 nitrogen and oxygen atoms in total. The van der Waals surface area contributed by atoms with Crippen molar-refractivity contribution in [1.29, 1.82) is 0 Å². The van der Waals surface area contributed by atoms with E-state index >= 15 is 0 Å². The zero-order chi connectivity index (χ0) is 14.8. The summed E-state index contributed by atoms with van der Waals surface area (Å²) in [5.41, 5.74) is 0.619. The minimum absolute atomic E-state index is 0.0621. The van der Waals surface area contributed by atoms with Crippen LogP contribution >= 0.6 is 0 Å². The van der Waals surface area contributed by atoms with Crippen molar-refractivity contribution < 1.29 is 14.7 Å². The number of carbonyl (C=O) groups excluding carboxylic acids is 2. The summed E-state index contributed by atoms with van der Waals surface area (Å²) in [5.74, 6) is 0.00159. The van der Waals surface area contributed by atoms with Crippen LogP contribution in [0.2, 0.25) is 0 Å². The van der Waals surface area contributed by atoms with Crippen LogP contribution in [0.1, 0.15) is 37.0 Å². The number of hydrogen-bond donors (Lipinski definition) is 3. The van der Waals surface area contributed by atoms with Gasteiger partial charge in [-0.05, 0) is 49.9 Å². The third-order valence-corrected chi connectivity index (χ3v) is 3.67. The van der Waals surface area contributed by atoms with Crippen LogP contribution in [-0.4, -0.2) is 29.1 Å². The number of carbonyl (C=O) groups is 2. The first-order valence-electron chi connectivity index (χ1n) is 6.75. The number of benzene rings is 1. The summed E-state index contributed by atoms with van der Waals surface area (Å²) in [4.78, 5) is 23.1. The highest BCUT2D eigenvalue weighted by Gasteiger charge is 2.42. The van der Waals surface area contributed by atoms with Crippen molar-refractivity contribution in [2.24, 2.45) is 5.92 Å². The SMILES string of the molecule is CC(=O)Nc1ccc(C(=O)NC(C)(CO)C2CC2)cc1. The molecule has 0 saturated heterocycles. The van der Waals surface area contributed by atoms with Crippen LogP contribution in [0.25, 0.3) is 0 Å². The number of aliphatic hydroxyl groups is 1. The molecular weight excluding hydrogens is 256 g/mol. The fourth-order valence-corrected chi connectivity index (χ4v) is 2.23. The Bertz CT molecular complexity index is 508. The highest BCUT2D eigenvalue weighted by atomic mass is 16.3. The molecule has 0 heterocycles. The predicted molar refractivity (Wildman–Crippen MR) is 76.4 cm³/mol. The Kier molecular flexibility index (Phi) is 4.09. The molecule has 2 amide bonds. The summed E-state index contributed by atoms with van der Waals surface area (Å²) in [5, 5.41) is 15.0. The maximum atomic E-state index is 12.2. The highest BCUT2D eigenvalue weighted by molar-refractivity contribution is 5.96. The molecular formula is C15H20N2O3. The largest absolute Gasteiger partial charge is 0.394 e. The van der Waals surface area contributed by atoms with Crippen molar-refractivity contribution >= 4 is 17.5 Å². The number of anilines is 1. The molecule has 108 valence electrons. The van der Waals surface area contributed by atoms with Crippen molar-refractivity contribution in [2.45, 2.75) is 32.2 Å². The second-order valence-electron chi connectivity index (χ2n) is 5.56. The Balaban J connectivity index is 2.03. The van der Waals surface area contributed by atoms with E-state index in [9.17, 15) is 14.7 Å². The molecule has 0 aliphatic heterocycles. The van der Waals surface area contributed by atoms with Gasteiger partial charge in [-0.1, -0.05) is 0 Å². The normalized spacial score (nSPS) is 17.1. The molecule has 2 rings (SSSR count). The maximum absolute atomic E-state index is 12.2. The zero-order valence-electron chi connectivity index (χ0n) is 11.8. The first-order valence-corrected chi connectivity index (χ1v) is 6.75. The molecule has 1 aliphatic carbocycles. The highest BCUT2D eigenvalue weighted by Crippen LogP contribution is 2.39.